The van der Waals surface area contributed by atoms with Gasteiger partial charge in [0.25, 0.3) is 0 Å². The third-order valence-corrected chi connectivity index (χ3v) is 4.02. The molecule has 6 heteroatoms. The van der Waals surface area contributed by atoms with E-state index in [0.29, 0.717) is 33.3 Å². The van der Waals surface area contributed by atoms with E-state index in [0.717, 1.165) is 0 Å². The summed E-state index contributed by atoms with van der Waals surface area (Å²) in [7, 11) is 1.48. The molecule has 114 valence electrons. The first-order chi connectivity index (χ1) is 11.2. The molecule has 5 nitrogen and oxygen atoms in total. The highest BCUT2D eigenvalue weighted by atomic mass is 32.1. The van der Waals surface area contributed by atoms with Gasteiger partial charge in [0.1, 0.15) is 16.8 Å². The number of benzene rings is 1. The number of nitrogens with zero attached hydrogens (tertiary/aromatic N) is 2. The van der Waals surface area contributed by atoms with Gasteiger partial charge in [-0.2, -0.15) is 5.26 Å². The predicted molar refractivity (Wildman–Crippen MR) is 88.0 cm³/mol. The van der Waals surface area contributed by atoms with Crippen LogP contribution >= 0.6 is 11.3 Å². The van der Waals surface area contributed by atoms with E-state index < -0.39 is 0 Å². The van der Waals surface area contributed by atoms with Crippen LogP contribution in [0.2, 0.25) is 0 Å². The van der Waals surface area contributed by atoms with Crippen molar-refractivity contribution in [3.05, 3.63) is 52.5 Å². The van der Waals surface area contributed by atoms with Crippen molar-refractivity contribution in [1.82, 2.24) is 4.98 Å². The molecule has 0 aliphatic carbocycles. The number of aromatic hydroxyl groups is 1. The number of ether oxygens (including phenoxy) is 1. The molecule has 0 spiro atoms. The van der Waals surface area contributed by atoms with Crippen LogP contribution in [0.1, 0.15) is 10.6 Å². The monoisotopic (exact) mass is 324 g/mol. The summed E-state index contributed by atoms with van der Waals surface area (Å²) in [5, 5.41) is 21.6. The maximum absolute atomic E-state index is 9.81. The summed E-state index contributed by atoms with van der Waals surface area (Å²) in [6.07, 6.45) is 3.25. The van der Waals surface area contributed by atoms with Gasteiger partial charge in [0.15, 0.2) is 17.3 Å². The largest absolute Gasteiger partial charge is 0.504 e. The van der Waals surface area contributed by atoms with E-state index >= 15 is 0 Å². The van der Waals surface area contributed by atoms with Crippen molar-refractivity contribution < 1.29 is 14.3 Å². The van der Waals surface area contributed by atoms with Gasteiger partial charge in [0, 0.05) is 5.38 Å². The summed E-state index contributed by atoms with van der Waals surface area (Å²) in [5.74, 6) is 1.07. The molecular weight excluding hydrogens is 312 g/mol. The number of hydrogen-bond donors (Lipinski definition) is 1. The molecule has 0 bridgehead atoms. The number of allylic oxidation sites excluding steroid dienone is 1. The van der Waals surface area contributed by atoms with Crippen LogP contribution in [0, 0.1) is 11.3 Å². The van der Waals surface area contributed by atoms with E-state index in [1.807, 2.05) is 11.4 Å². The van der Waals surface area contributed by atoms with E-state index in [4.69, 9.17) is 9.15 Å². The van der Waals surface area contributed by atoms with Crippen molar-refractivity contribution in [1.29, 1.82) is 5.26 Å². The molecule has 1 N–H and O–H groups in total. The normalized spacial score (nSPS) is 11.2. The lowest BCUT2D eigenvalue weighted by Crippen LogP contribution is -1.85. The van der Waals surface area contributed by atoms with Crippen molar-refractivity contribution in [2.45, 2.75) is 0 Å². The average Bonchev–Trinajstić information content (AvgIpc) is 3.23. The van der Waals surface area contributed by atoms with Crippen LogP contribution in [0.4, 0.5) is 0 Å². The maximum atomic E-state index is 9.81. The first-order valence-corrected chi connectivity index (χ1v) is 7.58. The molecule has 0 aliphatic heterocycles. The second-order valence-corrected chi connectivity index (χ2v) is 5.47. The Kier molecular flexibility index (Phi) is 4.13. The Hall–Kier alpha value is -3.04. The third-order valence-electron chi connectivity index (χ3n) is 3.14. The predicted octanol–water partition coefficient (Wildman–Crippen LogP) is 4.18. The molecule has 0 saturated carbocycles. The van der Waals surface area contributed by atoms with Gasteiger partial charge in [-0.3, -0.25) is 0 Å². The van der Waals surface area contributed by atoms with Crippen molar-refractivity contribution in [2.75, 3.05) is 7.11 Å². The van der Waals surface area contributed by atoms with Crippen LogP contribution in [-0.4, -0.2) is 17.2 Å². The fraction of sp³-hybridized carbons (Fsp3) is 0.0588. The van der Waals surface area contributed by atoms with Crippen molar-refractivity contribution in [3.63, 3.8) is 0 Å². The molecule has 0 atom stereocenters. The molecule has 0 aliphatic rings. The Morgan fingerprint density at radius 1 is 1.43 bits per heavy atom. The summed E-state index contributed by atoms with van der Waals surface area (Å²) < 4.78 is 10.3. The number of nitriles is 1. The first-order valence-electron chi connectivity index (χ1n) is 6.70. The third kappa shape index (κ3) is 3.10. The maximum Gasteiger partial charge on any atom is 0.160 e. The minimum Gasteiger partial charge on any atom is -0.504 e. The minimum absolute atomic E-state index is 0.0222. The SMILES string of the molecule is COc1ccc(C=C(C#N)c2nc(-c3ccco3)cs2)cc1O. The zero-order valence-corrected chi connectivity index (χ0v) is 13.0. The summed E-state index contributed by atoms with van der Waals surface area (Å²) >= 11 is 1.36. The quantitative estimate of drug-likeness (QED) is 0.728. The minimum atomic E-state index is 0.0222. The van der Waals surface area contributed by atoms with E-state index in [2.05, 4.69) is 11.1 Å². The van der Waals surface area contributed by atoms with Crippen LogP contribution in [0.25, 0.3) is 23.1 Å². The zero-order valence-electron chi connectivity index (χ0n) is 12.2. The fourth-order valence-electron chi connectivity index (χ4n) is 2.04. The van der Waals surface area contributed by atoms with E-state index in [-0.39, 0.29) is 5.75 Å². The van der Waals surface area contributed by atoms with Crippen LogP contribution in [0.5, 0.6) is 11.5 Å². The number of methoxy groups -OCH3 is 1. The Labute approximate surface area is 136 Å². The number of phenols is 1. The highest BCUT2D eigenvalue weighted by molar-refractivity contribution is 7.11. The molecule has 0 fully saturated rings. The highest BCUT2D eigenvalue weighted by Gasteiger charge is 2.11. The van der Waals surface area contributed by atoms with E-state index in [1.165, 1.54) is 24.5 Å². The van der Waals surface area contributed by atoms with Crippen LogP contribution in [0.15, 0.2) is 46.4 Å². The van der Waals surface area contributed by atoms with Crippen molar-refractivity contribution >= 4 is 23.0 Å². The number of aromatic nitrogens is 1. The lowest BCUT2D eigenvalue weighted by molar-refractivity contribution is 0.373. The van der Waals surface area contributed by atoms with E-state index in [1.54, 1.807) is 30.5 Å². The number of furan rings is 1. The molecule has 3 rings (SSSR count). The lowest BCUT2D eigenvalue weighted by atomic mass is 10.1. The van der Waals surface area contributed by atoms with Crippen molar-refractivity contribution in [3.8, 4) is 29.0 Å². The second-order valence-electron chi connectivity index (χ2n) is 4.62. The second kappa shape index (κ2) is 6.38. The molecule has 0 amide bonds. The van der Waals surface area contributed by atoms with Crippen LogP contribution < -0.4 is 4.74 Å². The standard InChI is InChI=1S/C17H12N2O3S/c1-21-16-5-4-11(8-14(16)20)7-12(9-18)17-19-13(10-23-17)15-3-2-6-22-15/h2-8,10,20H,1H3. The van der Waals surface area contributed by atoms with E-state index in [9.17, 15) is 10.4 Å². The van der Waals surface area contributed by atoms with Gasteiger partial charge in [-0.15, -0.1) is 11.3 Å². The average molecular weight is 324 g/mol. The summed E-state index contributed by atoms with van der Waals surface area (Å²) in [6, 6.07) is 10.7. The summed E-state index contributed by atoms with van der Waals surface area (Å²) in [6.45, 7) is 0. The number of rotatable bonds is 4. The zero-order chi connectivity index (χ0) is 16.2. The highest BCUT2D eigenvalue weighted by Crippen LogP contribution is 2.30. The molecule has 2 heterocycles. The van der Waals surface area contributed by atoms with Gasteiger partial charge in [0.2, 0.25) is 0 Å². The smallest absolute Gasteiger partial charge is 0.160 e. The molecular formula is C17H12N2O3S. The van der Waals surface area contributed by atoms with Gasteiger partial charge < -0.3 is 14.3 Å². The first kappa shape index (κ1) is 14.9. The van der Waals surface area contributed by atoms with Gasteiger partial charge in [0.05, 0.1) is 18.9 Å². The summed E-state index contributed by atoms with van der Waals surface area (Å²) in [4.78, 5) is 4.42. The summed E-state index contributed by atoms with van der Waals surface area (Å²) in [5.41, 5.74) is 1.79. The molecule has 0 unspecified atom stereocenters. The molecule has 23 heavy (non-hydrogen) atoms. The number of hydrogen-bond acceptors (Lipinski definition) is 6. The van der Waals surface area contributed by atoms with Crippen molar-refractivity contribution in [2.24, 2.45) is 0 Å². The Bertz CT molecular complexity index is 889. The topological polar surface area (TPSA) is 79.3 Å². The van der Waals surface area contributed by atoms with Gasteiger partial charge in [-0.25, -0.2) is 4.98 Å². The number of thiazole rings is 1. The Morgan fingerprint density at radius 2 is 2.30 bits per heavy atom. The fourth-order valence-corrected chi connectivity index (χ4v) is 2.81. The Balaban J connectivity index is 1.94. The Morgan fingerprint density at radius 3 is 2.96 bits per heavy atom. The molecule has 0 saturated heterocycles. The van der Waals surface area contributed by atoms with Gasteiger partial charge >= 0.3 is 0 Å². The molecule has 3 aromatic rings. The lowest BCUT2D eigenvalue weighted by Gasteiger charge is -2.03. The van der Waals surface area contributed by atoms with Gasteiger partial charge in [-0.1, -0.05) is 6.07 Å². The number of phenolic OH excluding ortho intramolecular Hbond substituents is 1. The van der Waals surface area contributed by atoms with Crippen LogP contribution in [0.3, 0.4) is 0 Å². The van der Waals surface area contributed by atoms with Crippen LogP contribution in [-0.2, 0) is 0 Å². The van der Waals surface area contributed by atoms with Gasteiger partial charge in [-0.05, 0) is 35.9 Å². The molecule has 2 aromatic heterocycles. The molecule has 1 aromatic carbocycles. The molecule has 0 radical (unpaired) electrons.